The predicted molar refractivity (Wildman–Crippen MR) is 66.9 cm³/mol. The van der Waals surface area contributed by atoms with Crippen LogP contribution < -0.4 is 0 Å². The first-order valence-corrected chi connectivity index (χ1v) is 5.62. The molecule has 0 spiro atoms. The summed E-state index contributed by atoms with van der Waals surface area (Å²) in [6.07, 6.45) is 0.749. The van der Waals surface area contributed by atoms with E-state index in [1.807, 2.05) is 48.5 Å². The summed E-state index contributed by atoms with van der Waals surface area (Å²) in [5, 5.41) is 0. The van der Waals surface area contributed by atoms with Crippen LogP contribution in [0.1, 0.15) is 15.9 Å². The van der Waals surface area contributed by atoms with Gasteiger partial charge in [0.2, 0.25) is 0 Å². The number of carbonyl (C=O) groups excluding carboxylic acids is 1. The summed E-state index contributed by atoms with van der Waals surface area (Å²) >= 11 is 0. The lowest BCUT2D eigenvalue weighted by atomic mass is 10.2. The molecule has 0 unspecified atom stereocenters. The highest BCUT2D eigenvalue weighted by atomic mass is 16.5. The summed E-state index contributed by atoms with van der Waals surface area (Å²) in [5.41, 5.74) is 1.77. The minimum Gasteiger partial charge on any atom is -0.462 e. The van der Waals surface area contributed by atoms with Crippen LogP contribution in [0.3, 0.4) is 0 Å². The zero-order valence-corrected chi connectivity index (χ0v) is 9.50. The van der Waals surface area contributed by atoms with Gasteiger partial charge in [0, 0.05) is 6.42 Å². The third-order valence-electron chi connectivity index (χ3n) is 2.48. The largest absolute Gasteiger partial charge is 0.462 e. The van der Waals surface area contributed by atoms with Crippen LogP contribution in [0.4, 0.5) is 0 Å². The molecule has 0 N–H and O–H groups in total. The van der Waals surface area contributed by atoms with Crippen molar-refractivity contribution >= 4 is 5.97 Å². The molecule has 0 aromatic heterocycles. The van der Waals surface area contributed by atoms with Crippen molar-refractivity contribution in [2.24, 2.45) is 0 Å². The zero-order chi connectivity index (χ0) is 11.9. The van der Waals surface area contributed by atoms with Crippen LogP contribution in [0.15, 0.2) is 60.7 Å². The second kappa shape index (κ2) is 5.85. The van der Waals surface area contributed by atoms with Gasteiger partial charge in [0.15, 0.2) is 0 Å². The van der Waals surface area contributed by atoms with Crippen molar-refractivity contribution in [1.82, 2.24) is 0 Å². The van der Waals surface area contributed by atoms with Crippen molar-refractivity contribution in [1.29, 1.82) is 0 Å². The predicted octanol–water partition coefficient (Wildman–Crippen LogP) is 3.09. The van der Waals surface area contributed by atoms with E-state index in [1.54, 1.807) is 12.1 Å². The molecule has 0 aliphatic rings. The van der Waals surface area contributed by atoms with Gasteiger partial charge < -0.3 is 4.74 Å². The van der Waals surface area contributed by atoms with Gasteiger partial charge in [-0.1, -0.05) is 48.5 Å². The molecule has 86 valence electrons. The minimum absolute atomic E-state index is 0.262. The fourth-order valence-electron chi connectivity index (χ4n) is 1.56. The molecule has 0 aliphatic heterocycles. The lowest BCUT2D eigenvalue weighted by Gasteiger charge is -2.04. The molecule has 0 aliphatic carbocycles. The number of hydrogen-bond acceptors (Lipinski definition) is 2. The normalized spacial score (nSPS) is 9.88. The Morgan fingerprint density at radius 1 is 0.882 bits per heavy atom. The van der Waals surface area contributed by atoms with Gasteiger partial charge in [0.1, 0.15) is 0 Å². The Morgan fingerprint density at radius 3 is 2.12 bits per heavy atom. The summed E-state index contributed by atoms with van der Waals surface area (Å²) in [7, 11) is 0. The molecule has 2 aromatic carbocycles. The maximum atomic E-state index is 11.6. The molecule has 0 fully saturated rings. The van der Waals surface area contributed by atoms with Crippen molar-refractivity contribution in [3.05, 3.63) is 71.8 Å². The SMILES string of the molecule is O=C(OCCc1ccccc1)c1ccccc1. The van der Waals surface area contributed by atoms with Crippen molar-refractivity contribution in [3.8, 4) is 0 Å². The Balaban J connectivity index is 1.82. The molecule has 17 heavy (non-hydrogen) atoms. The smallest absolute Gasteiger partial charge is 0.338 e. The Hall–Kier alpha value is -2.09. The molecule has 0 saturated carbocycles. The van der Waals surface area contributed by atoms with Gasteiger partial charge in [-0.25, -0.2) is 4.79 Å². The molecular weight excluding hydrogens is 212 g/mol. The van der Waals surface area contributed by atoms with Gasteiger partial charge in [0.25, 0.3) is 0 Å². The van der Waals surface area contributed by atoms with Crippen LogP contribution in [0.5, 0.6) is 0 Å². The maximum Gasteiger partial charge on any atom is 0.338 e. The van der Waals surface area contributed by atoms with Gasteiger partial charge in [-0.15, -0.1) is 0 Å². The van der Waals surface area contributed by atoms with Crippen LogP contribution in [0.25, 0.3) is 0 Å². The summed E-state index contributed by atoms with van der Waals surface area (Å²) in [6.45, 7) is 0.414. The van der Waals surface area contributed by atoms with E-state index in [2.05, 4.69) is 0 Å². The van der Waals surface area contributed by atoms with Gasteiger partial charge in [-0.2, -0.15) is 0 Å². The van der Waals surface area contributed by atoms with E-state index in [-0.39, 0.29) is 5.97 Å². The third-order valence-corrected chi connectivity index (χ3v) is 2.48. The number of ether oxygens (including phenoxy) is 1. The number of rotatable bonds is 4. The average molecular weight is 226 g/mol. The van der Waals surface area contributed by atoms with Crippen LogP contribution in [-0.4, -0.2) is 12.6 Å². The lowest BCUT2D eigenvalue weighted by Crippen LogP contribution is -2.07. The van der Waals surface area contributed by atoms with Gasteiger partial charge >= 0.3 is 5.97 Å². The van der Waals surface area contributed by atoms with Crippen molar-refractivity contribution < 1.29 is 9.53 Å². The van der Waals surface area contributed by atoms with E-state index in [4.69, 9.17) is 4.74 Å². The molecule has 0 amide bonds. The number of esters is 1. The van der Waals surface area contributed by atoms with Crippen LogP contribution in [0, 0.1) is 0 Å². The van der Waals surface area contributed by atoms with Gasteiger partial charge in [-0.3, -0.25) is 0 Å². The second-order valence-electron chi connectivity index (χ2n) is 3.74. The highest BCUT2D eigenvalue weighted by Crippen LogP contribution is 2.03. The molecule has 0 radical (unpaired) electrons. The highest BCUT2D eigenvalue weighted by Gasteiger charge is 2.05. The Bertz CT molecular complexity index is 463. The fraction of sp³-hybridized carbons (Fsp3) is 0.133. The number of hydrogen-bond donors (Lipinski definition) is 0. The molecule has 0 atom stereocenters. The maximum absolute atomic E-state index is 11.6. The summed E-state index contributed by atoms with van der Waals surface area (Å²) in [4.78, 5) is 11.6. The van der Waals surface area contributed by atoms with E-state index in [1.165, 1.54) is 5.56 Å². The van der Waals surface area contributed by atoms with Crippen LogP contribution in [-0.2, 0) is 11.2 Å². The van der Waals surface area contributed by atoms with Crippen LogP contribution >= 0.6 is 0 Å². The second-order valence-corrected chi connectivity index (χ2v) is 3.74. The van der Waals surface area contributed by atoms with Gasteiger partial charge in [-0.05, 0) is 17.7 Å². The molecule has 0 heterocycles. The van der Waals surface area contributed by atoms with E-state index < -0.39 is 0 Å². The number of carbonyl (C=O) groups is 1. The molecule has 0 saturated heterocycles. The first-order chi connectivity index (χ1) is 8.36. The standard InChI is InChI=1S/C15H14O2/c16-15(14-9-5-2-6-10-14)17-12-11-13-7-3-1-4-8-13/h1-10H,11-12H2. The summed E-state index contributed by atoms with van der Waals surface area (Å²) < 4.78 is 5.19. The summed E-state index contributed by atoms with van der Waals surface area (Å²) in [6, 6.07) is 19.0. The fourth-order valence-corrected chi connectivity index (χ4v) is 1.56. The first kappa shape index (κ1) is 11.4. The van der Waals surface area contributed by atoms with Crippen molar-refractivity contribution in [2.75, 3.05) is 6.61 Å². The van der Waals surface area contributed by atoms with E-state index in [0.29, 0.717) is 12.2 Å². The topological polar surface area (TPSA) is 26.3 Å². The molecule has 2 heteroatoms. The Labute approximate surface area is 101 Å². The van der Waals surface area contributed by atoms with Crippen molar-refractivity contribution in [2.45, 2.75) is 6.42 Å². The number of benzene rings is 2. The van der Waals surface area contributed by atoms with E-state index in [9.17, 15) is 4.79 Å². The Morgan fingerprint density at radius 2 is 1.47 bits per heavy atom. The average Bonchev–Trinajstić information content (AvgIpc) is 2.41. The van der Waals surface area contributed by atoms with Crippen LogP contribution in [0.2, 0.25) is 0 Å². The molecule has 0 bridgehead atoms. The quantitative estimate of drug-likeness (QED) is 0.749. The third kappa shape index (κ3) is 3.45. The highest BCUT2D eigenvalue weighted by molar-refractivity contribution is 5.89. The lowest BCUT2D eigenvalue weighted by molar-refractivity contribution is 0.0509. The zero-order valence-electron chi connectivity index (χ0n) is 9.50. The monoisotopic (exact) mass is 226 g/mol. The van der Waals surface area contributed by atoms with Gasteiger partial charge in [0.05, 0.1) is 12.2 Å². The summed E-state index contributed by atoms with van der Waals surface area (Å²) in [5.74, 6) is -0.262. The molecule has 2 rings (SSSR count). The molecule has 2 aromatic rings. The first-order valence-electron chi connectivity index (χ1n) is 5.62. The minimum atomic E-state index is -0.262. The van der Waals surface area contributed by atoms with Crippen molar-refractivity contribution in [3.63, 3.8) is 0 Å². The molecule has 2 nitrogen and oxygen atoms in total. The van der Waals surface area contributed by atoms with E-state index >= 15 is 0 Å². The Kier molecular flexibility index (Phi) is 3.92. The molecular formula is C15H14O2. The van der Waals surface area contributed by atoms with E-state index in [0.717, 1.165) is 6.42 Å².